The number of nitrogens with zero attached hydrogens (tertiary/aromatic N) is 4. The van der Waals surface area contributed by atoms with Gasteiger partial charge in [0.05, 0.1) is 25.1 Å². The van der Waals surface area contributed by atoms with Gasteiger partial charge in [-0.3, -0.25) is 4.79 Å². The Bertz CT molecular complexity index is 734. The van der Waals surface area contributed by atoms with Crippen LogP contribution in [-0.2, 0) is 11.3 Å². The molecule has 0 aliphatic carbocycles. The fourth-order valence-electron chi connectivity index (χ4n) is 3.04. The van der Waals surface area contributed by atoms with E-state index in [1.165, 1.54) is 0 Å². The van der Waals surface area contributed by atoms with Crippen LogP contribution >= 0.6 is 0 Å². The van der Waals surface area contributed by atoms with Crippen molar-refractivity contribution in [1.29, 1.82) is 0 Å². The van der Waals surface area contributed by atoms with Gasteiger partial charge in [-0.25, -0.2) is 9.98 Å². The largest absolute Gasteiger partial charge is 0.357 e. The Morgan fingerprint density at radius 2 is 2.04 bits per heavy atom. The summed E-state index contributed by atoms with van der Waals surface area (Å²) in [5, 5.41) is 6.35. The van der Waals surface area contributed by atoms with E-state index in [2.05, 4.69) is 26.7 Å². The highest BCUT2D eigenvalue weighted by Crippen LogP contribution is 2.15. The molecule has 1 aliphatic heterocycles. The molecule has 2 aromatic rings. The van der Waals surface area contributed by atoms with Crippen molar-refractivity contribution in [2.45, 2.75) is 26.3 Å². The van der Waals surface area contributed by atoms with E-state index in [4.69, 9.17) is 0 Å². The first-order valence-corrected chi connectivity index (χ1v) is 9.14. The maximum absolute atomic E-state index is 12.2. The molecular weight excluding hydrogens is 328 g/mol. The van der Waals surface area contributed by atoms with Crippen molar-refractivity contribution in [3.8, 4) is 5.69 Å². The number of hydrogen-bond acceptors (Lipinski definition) is 3. The summed E-state index contributed by atoms with van der Waals surface area (Å²) in [5.74, 6) is 0.785. The fraction of sp³-hybridized carbons (Fsp3) is 0.421. The second-order valence-electron chi connectivity index (χ2n) is 6.24. The molecular formula is C19H26N6O. The number of amides is 1. The lowest BCUT2D eigenvalue weighted by Crippen LogP contribution is -2.44. The van der Waals surface area contributed by atoms with Gasteiger partial charge in [0, 0.05) is 32.0 Å². The number of nitrogens with one attached hydrogen (secondary N) is 2. The van der Waals surface area contributed by atoms with Gasteiger partial charge in [0.1, 0.15) is 0 Å². The Morgan fingerprint density at radius 1 is 1.23 bits per heavy atom. The molecule has 26 heavy (non-hydrogen) atoms. The molecule has 1 saturated heterocycles. The summed E-state index contributed by atoms with van der Waals surface area (Å²) in [6.45, 7) is 5.28. The number of para-hydroxylation sites is 1. The number of hydrogen-bond donors (Lipinski definition) is 2. The molecule has 7 nitrogen and oxygen atoms in total. The first-order valence-electron chi connectivity index (χ1n) is 9.14. The number of imidazole rings is 1. The quantitative estimate of drug-likeness (QED) is 0.610. The maximum atomic E-state index is 12.2. The summed E-state index contributed by atoms with van der Waals surface area (Å²) in [6.07, 6.45) is 7.66. The molecule has 0 bridgehead atoms. The van der Waals surface area contributed by atoms with E-state index >= 15 is 0 Å². The van der Waals surface area contributed by atoms with E-state index in [-0.39, 0.29) is 12.5 Å². The topological polar surface area (TPSA) is 74.5 Å². The third-order valence-corrected chi connectivity index (χ3v) is 4.39. The lowest BCUT2D eigenvalue weighted by Gasteiger charge is -2.17. The van der Waals surface area contributed by atoms with Crippen LogP contribution in [0.15, 0.2) is 48.0 Å². The van der Waals surface area contributed by atoms with Crippen molar-refractivity contribution in [3.63, 3.8) is 0 Å². The average Bonchev–Trinajstić information content (AvgIpc) is 3.38. The minimum absolute atomic E-state index is 0.131. The van der Waals surface area contributed by atoms with Crippen LogP contribution in [0.25, 0.3) is 5.69 Å². The van der Waals surface area contributed by atoms with Gasteiger partial charge in [-0.1, -0.05) is 18.2 Å². The number of carbonyl (C=O) groups excluding carboxylic acids is 1. The maximum Gasteiger partial charge on any atom is 0.241 e. The van der Waals surface area contributed by atoms with Crippen LogP contribution in [0.2, 0.25) is 0 Å². The van der Waals surface area contributed by atoms with E-state index in [0.717, 1.165) is 43.7 Å². The molecule has 0 unspecified atom stereocenters. The SMILES string of the molecule is CCNC(=NCc1ccccc1-n1ccnc1)NCC(=O)N1CCCC1. The number of carbonyl (C=O) groups is 1. The van der Waals surface area contributed by atoms with Crippen LogP contribution in [0.3, 0.4) is 0 Å². The molecule has 0 saturated carbocycles. The first kappa shape index (κ1) is 18.0. The molecule has 2 N–H and O–H groups in total. The average molecular weight is 354 g/mol. The summed E-state index contributed by atoms with van der Waals surface area (Å²) in [6, 6.07) is 8.10. The van der Waals surface area contributed by atoms with Crippen LogP contribution in [0.5, 0.6) is 0 Å². The number of likely N-dealkylation sites (tertiary alicyclic amines) is 1. The highest BCUT2D eigenvalue weighted by molar-refractivity contribution is 5.86. The van der Waals surface area contributed by atoms with Crippen molar-refractivity contribution in [3.05, 3.63) is 48.5 Å². The monoisotopic (exact) mass is 354 g/mol. The molecule has 2 heterocycles. The second-order valence-corrected chi connectivity index (χ2v) is 6.24. The minimum Gasteiger partial charge on any atom is -0.357 e. The molecule has 3 rings (SSSR count). The van der Waals surface area contributed by atoms with Crippen molar-refractivity contribution in [2.24, 2.45) is 4.99 Å². The zero-order valence-electron chi connectivity index (χ0n) is 15.2. The zero-order chi connectivity index (χ0) is 18.2. The van der Waals surface area contributed by atoms with Crippen molar-refractivity contribution in [1.82, 2.24) is 25.1 Å². The van der Waals surface area contributed by atoms with Gasteiger partial charge in [0.2, 0.25) is 5.91 Å². The molecule has 1 fully saturated rings. The summed E-state index contributed by atoms with van der Waals surface area (Å²) < 4.78 is 1.97. The van der Waals surface area contributed by atoms with Crippen LogP contribution in [-0.4, -0.2) is 52.5 Å². The number of benzene rings is 1. The second kappa shape index (κ2) is 9.03. The van der Waals surface area contributed by atoms with Gasteiger partial charge in [-0.2, -0.15) is 0 Å². The van der Waals surface area contributed by atoms with Crippen molar-refractivity contribution in [2.75, 3.05) is 26.2 Å². The van der Waals surface area contributed by atoms with Crippen LogP contribution in [0.4, 0.5) is 0 Å². The van der Waals surface area contributed by atoms with Crippen LogP contribution in [0.1, 0.15) is 25.3 Å². The smallest absolute Gasteiger partial charge is 0.241 e. The van der Waals surface area contributed by atoms with Crippen LogP contribution < -0.4 is 10.6 Å². The highest BCUT2D eigenvalue weighted by Gasteiger charge is 2.17. The molecule has 138 valence electrons. The Hall–Kier alpha value is -2.83. The highest BCUT2D eigenvalue weighted by atomic mass is 16.2. The van der Waals surface area contributed by atoms with Gasteiger partial charge in [-0.15, -0.1) is 0 Å². The molecule has 1 aromatic heterocycles. The number of aromatic nitrogens is 2. The Labute approximate surface area is 154 Å². The Morgan fingerprint density at radius 3 is 2.77 bits per heavy atom. The van der Waals surface area contributed by atoms with Gasteiger partial charge >= 0.3 is 0 Å². The predicted octanol–water partition coefficient (Wildman–Crippen LogP) is 1.55. The Balaban J connectivity index is 1.65. The summed E-state index contributed by atoms with van der Waals surface area (Å²) >= 11 is 0. The molecule has 7 heteroatoms. The molecule has 0 spiro atoms. The third kappa shape index (κ3) is 4.62. The van der Waals surface area contributed by atoms with Crippen molar-refractivity contribution >= 4 is 11.9 Å². The number of aliphatic imine (C=N–C) groups is 1. The van der Waals surface area contributed by atoms with Gasteiger partial charge < -0.3 is 20.1 Å². The van der Waals surface area contributed by atoms with Gasteiger partial charge in [0.25, 0.3) is 0 Å². The number of guanidine groups is 1. The molecule has 0 radical (unpaired) electrons. The lowest BCUT2D eigenvalue weighted by molar-refractivity contribution is -0.128. The molecule has 1 aliphatic rings. The zero-order valence-corrected chi connectivity index (χ0v) is 15.2. The van der Waals surface area contributed by atoms with Gasteiger partial charge in [-0.05, 0) is 31.4 Å². The molecule has 1 amide bonds. The van der Waals surface area contributed by atoms with E-state index in [1.54, 1.807) is 12.5 Å². The number of rotatable bonds is 6. The van der Waals surface area contributed by atoms with E-state index < -0.39 is 0 Å². The van der Waals surface area contributed by atoms with E-state index in [9.17, 15) is 4.79 Å². The summed E-state index contributed by atoms with van der Waals surface area (Å²) in [4.78, 5) is 22.9. The van der Waals surface area contributed by atoms with E-state index in [0.29, 0.717) is 12.5 Å². The molecule has 0 atom stereocenters. The van der Waals surface area contributed by atoms with E-state index in [1.807, 2.05) is 40.8 Å². The van der Waals surface area contributed by atoms with Crippen molar-refractivity contribution < 1.29 is 4.79 Å². The molecule has 1 aromatic carbocycles. The normalized spacial score (nSPS) is 14.5. The minimum atomic E-state index is 0.131. The lowest BCUT2D eigenvalue weighted by atomic mass is 10.2. The van der Waals surface area contributed by atoms with Gasteiger partial charge in [0.15, 0.2) is 5.96 Å². The first-order chi connectivity index (χ1) is 12.8. The van der Waals surface area contributed by atoms with Crippen LogP contribution in [0, 0.1) is 0 Å². The standard InChI is InChI=1S/C19H26N6O/c1-2-21-19(23-14-18(26)24-10-5-6-11-24)22-13-16-7-3-4-8-17(16)25-12-9-20-15-25/h3-4,7-9,12,15H,2,5-6,10-11,13-14H2,1H3,(H2,21,22,23). The Kier molecular flexibility index (Phi) is 6.24. The summed E-state index contributed by atoms with van der Waals surface area (Å²) in [7, 11) is 0. The fourth-order valence-corrected chi connectivity index (χ4v) is 3.04. The predicted molar refractivity (Wildman–Crippen MR) is 102 cm³/mol. The third-order valence-electron chi connectivity index (χ3n) is 4.39. The summed E-state index contributed by atoms with van der Waals surface area (Å²) in [5.41, 5.74) is 2.14.